The lowest BCUT2D eigenvalue weighted by molar-refractivity contribution is 0.0208. The van der Waals surface area contributed by atoms with Gasteiger partial charge >= 0.3 is 6.03 Å². The summed E-state index contributed by atoms with van der Waals surface area (Å²) in [5.41, 5.74) is 0.788. The Bertz CT molecular complexity index is 749. The normalized spacial score (nSPS) is 24.5. The number of amides is 2. The molecule has 2 fully saturated rings. The Balaban J connectivity index is 1.31. The zero-order valence-corrected chi connectivity index (χ0v) is 17.2. The topological polar surface area (TPSA) is 53.6 Å². The van der Waals surface area contributed by atoms with E-state index in [1.54, 1.807) is 0 Å². The molecule has 3 heterocycles. The molecular formula is C22H29N3O2S. The van der Waals surface area contributed by atoms with E-state index in [4.69, 9.17) is 4.74 Å². The van der Waals surface area contributed by atoms with Gasteiger partial charge in [-0.2, -0.15) is 0 Å². The Labute approximate surface area is 171 Å². The molecule has 150 valence electrons. The first-order valence-corrected chi connectivity index (χ1v) is 11.2. The summed E-state index contributed by atoms with van der Waals surface area (Å²) in [6, 6.07) is 13.2. The smallest absolute Gasteiger partial charge is 0.319 e. The van der Waals surface area contributed by atoms with Gasteiger partial charge in [-0.05, 0) is 68.3 Å². The van der Waals surface area contributed by atoms with Crippen LogP contribution in [0.15, 0.2) is 41.8 Å². The molecule has 2 aliphatic rings. The number of carbonyl (C=O) groups is 1. The maximum Gasteiger partial charge on any atom is 0.319 e. The van der Waals surface area contributed by atoms with E-state index in [1.165, 1.54) is 24.1 Å². The first kappa shape index (κ1) is 19.3. The molecule has 0 radical (unpaired) electrons. The van der Waals surface area contributed by atoms with Crippen molar-refractivity contribution in [3.8, 4) is 5.75 Å². The van der Waals surface area contributed by atoms with Crippen molar-refractivity contribution >= 4 is 23.1 Å². The van der Waals surface area contributed by atoms with Gasteiger partial charge in [0.2, 0.25) is 0 Å². The number of thiophene rings is 1. The Hall–Kier alpha value is -2.05. The molecule has 2 amide bonds. The number of hydrogen-bond acceptors (Lipinski definition) is 4. The molecule has 2 bridgehead atoms. The van der Waals surface area contributed by atoms with Crippen molar-refractivity contribution < 1.29 is 9.53 Å². The average Bonchev–Trinajstić information content (AvgIpc) is 3.17. The molecule has 0 spiro atoms. The molecule has 1 aromatic carbocycles. The van der Waals surface area contributed by atoms with Crippen LogP contribution in [0.25, 0.3) is 0 Å². The predicted molar refractivity (Wildman–Crippen MR) is 114 cm³/mol. The van der Waals surface area contributed by atoms with Crippen LogP contribution < -0.4 is 15.4 Å². The third-order valence-corrected chi connectivity index (χ3v) is 6.66. The van der Waals surface area contributed by atoms with Gasteiger partial charge in [-0.25, -0.2) is 4.79 Å². The summed E-state index contributed by atoms with van der Waals surface area (Å²) in [4.78, 5) is 16.6. The second kappa shape index (κ2) is 8.97. The molecule has 5 nitrogen and oxygen atoms in total. The van der Waals surface area contributed by atoms with E-state index in [2.05, 4.69) is 33.0 Å². The molecule has 2 atom stereocenters. The largest absolute Gasteiger partial charge is 0.494 e. The standard InChI is InChI=1S/C22H29N3O2S/c1-2-27-20-10-8-16(9-11-20)23-22(26)24-17-13-18-5-3-6-19(14-17)25(18)15-21-7-4-12-28-21/h4,7-12,17-19H,2-3,5-6,13-15H2,1H3,(H2,23,24,26). The lowest BCUT2D eigenvalue weighted by Crippen LogP contribution is -2.56. The van der Waals surface area contributed by atoms with E-state index >= 15 is 0 Å². The van der Waals surface area contributed by atoms with Gasteiger partial charge in [-0.3, -0.25) is 4.90 Å². The SMILES string of the molecule is CCOc1ccc(NC(=O)NC2CC3CCCC(C2)N3Cc2cccs2)cc1. The summed E-state index contributed by atoms with van der Waals surface area (Å²) in [5, 5.41) is 8.32. The third kappa shape index (κ3) is 4.67. The molecule has 6 heteroatoms. The minimum absolute atomic E-state index is 0.112. The molecule has 28 heavy (non-hydrogen) atoms. The Morgan fingerprint density at radius 2 is 1.93 bits per heavy atom. The summed E-state index contributed by atoms with van der Waals surface area (Å²) in [5.74, 6) is 0.819. The van der Waals surface area contributed by atoms with E-state index in [1.807, 2.05) is 42.5 Å². The van der Waals surface area contributed by atoms with Crippen molar-refractivity contribution in [2.75, 3.05) is 11.9 Å². The van der Waals surface area contributed by atoms with E-state index in [0.29, 0.717) is 18.7 Å². The number of fused-ring (bicyclic) bond motifs is 2. The Kier molecular flexibility index (Phi) is 6.17. The zero-order chi connectivity index (χ0) is 19.3. The molecule has 0 saturated carbocycles. The van der Waals surface area contributed by atoms with Gasteiger partial charge < -0.3 is 15.4 Å². The predicted octanol–water partition coefficient (Wildman–Crippen LogP) is 4.85. The van der Waals surface area contributed by atoms with Crippen molar-refractivity contribution in [3.63, 3.8) is 0 Å². The minimum atomic E-state index is -0.112. The number of piperidine rings is 2. The van der Waals surface area contributed by atoms with Crippen molar-refractivity contribution in [1.29, 1.82) is 0 Å². The number of nitrogens with zero attached hydrogens (tertiary/aromatic N) is 1. The number of rotatable bonds is 6. The monoisotopic (exact) mass is 399 g/mol. The number of urea groups is 1. The molecule has 2 N–H and O–H groups in total. The highest BCUT2D eigenvalue weighted by molar-refractivity contribution is 7.09. The van der Waals surface area contributed by atoms with Crippen LogP contribution in [-0.4, -0.2) is 35.7 Å². The highest BCUT2D eigenvalue weighted by Crippen LogP contribution is 2.35. The highest BCUT2D eigenvalue weighted by Gasteiger charge is 2.38. The van der Waals surface area contributed by atoms with Gasteiger partial charge in [-0.15, -0.1) is 11.3 Å². The van der Waals surface area contributed by atoms with Crippen molar-refractivity contribution in [2.45, 2.75) is 63.7 Å². The second-order valence-electron chi connectivity index (χ2n) is 7.71. The number of benzene rings is 1. The quantitative estimate of drug-likeness (QED) is 0.730. The fourth-order valence-corrected chi connectivity index (χ4v) is 5.30. The summed E-state index contributed by atoms with van der Waals surface area (Å²) in [7, 11) is 0. The molecule has 1 aromatic heterocycles. The summed E-state index contributed by atoms with van der Waals surface area (Å²) in [6.07, 6.45) is 5.86. The summed E-state index contributed by atoms with van der Waals surface area (Å²) in [6.45, 7) is 3.65. The molecule has 2 unspecified atom stereocenters. The van der Waals surface area contributed by atoms with Gasteiger partial charge in [0.25, 0.3) is 0 Å². The van der Waals surface area contributed by atoms with Gasteiger partial charge in [0.15, 0.2) is 0 Å². The second-order valence-corrected chi connectivity index (χ2v) is 8.75. The van der Waals surface area contributed by atoms with Crippen molar-refractivity contribution in [3.05, 3.63) is 46.7 Å². The van der Waals surface area contributed by atoms with Crippen LogP contribution in [0.4, 0.5) is 10.5 Å². The van der Waals surface area contributed by atoms with Crippen molar-refractivity contribution in [2.24, 2.45) is 0 Å². The van der Waals surface area contributed by atoms with Gasteiger partial charge in [-0.1, -0.05) is 12.5 Å². The number of nitrogens with one attached hydrogen (secondary N) is 2. The number of ether oxygens (including phenoxy) is 1. The number of anilines is 1. The first-order chi connectivity index (χ1) is 13.7. The van der Waals surface area contributed by atoms with Gasteiger partial charge in [0.1, 0.15) is 5.75 Å². The van der Waals surface area contributed by atoms with E-state index < -0.39 is 0 Å². The Morgan fingerprint density at radius 1 is 1.18 bits per heavy atom. The van der Waals surface area contributed by atoms with Gasteiger partial charge in [0.05, 0.1) is 6.61 Å². The number of carbonyl (C=O) groups excluding carboxylic acids is 1. The van der Waals surface area contributed by atoms with Crippen LogP contribution in [0, 0.1) is 0 Å². The lowest BCUT2D eigenvalue weighted by atomic mass is 9.81. The van der Waals surface area contributed by atoms with E-state index in [0.717, 1.165) is 30.8 Å². The van der Waals surface area contributed by atoms with Crippen LogP contribution in [0.1, 0.15) is 43.9 Å². The Morgan fingerprint density at radius 3 is 2.57 bits per heavy atom. The third-order valence-electron chi connectivity index (χ3n) is 5.80. The molecule has 4 rings (SSSR count). The van der Waals surface area contributed by atoms with E-state index in [-0.39, 0.29) is 12.1 Å². The fraction of sp³-hybridized carbons (Fsp3) is 0.500. The van der Waals surface area contributed by atoms with Gasteiger partial charge in [0, 0.05) is 35.2 Å². The van der Waals surface area contributed by atoms with Crippen LogP contribution >= 0.6 is 11.3 Å². The van der Waals surface area contributed by atoms with Crippen LogP contribution in [0.2, 0.25) is 0 Å². The molecular weight excluding hydrogens is 370 g/mol. The first-order valence-electron chi connectivity index (χ1n) is 10.3. The molecule has 2 aliphatic heterocycles. The fourth-order valence-electron chi connectivity index (χ4n) is 4.59. The summed E-state index contributed by atoms with van der Waals surface area (Å²) < 4.78 is 5.44. The summed E-state index contributed by atoms with van der Waals surface area (Å²) >= 11 is 1.84. The molecule has 2 saturated heterocycles. The van der Waals surface area contributed by atoms with E-state index in [9.17, 15) is 4.79 Å². The van der Waals surface area contributed by atoms with Crippen LogP contribution in [-0.2, 0) is 6.54 Å². The highest BCUT2D eigenvalue weighted by atomic mass is 32.1. The molecule has 2 aromatic rings. The maximum atomic E-state index is 12.5. The van der Waals surface area contributed by atoms with Crippen LogP contribution in [0.3, 0.4) is 0 Å². The van der Waals surface area contributed by atoms with Crippen molar-refractivity contribution in [1.82, 2.24) is 10.2 Å². The average molecular weight is 400 g/mol. The molecule has 0 aliphatic carbocycles. The zero-order valence-electron chi connectivity index (χ0n) is 16.4. The van der Waals surface area contributed by atoms with Crippen LogP contribution in [0.5, 0.6) is 5.75 Å². The lowest BCUT2D eigenvalue weighted by Gasteiger charge is -2.48. The minimum Gasteiger partial charge on any atom is -0.494 e. The number of hydrogen-bond donors (Lipinski definition) is 2. The maximum absolute atomic E-state index is 12.5.